The van der Waals surface area contributed by atoms with Crippen molar-refractivity contribution in [3.05, 3.63) is 48.4 Å². The first-order valence-corrected chi connectivity index (χ1v) is 15.2. The number of benzene rings is 1. The van der Waals surface area contributed by atoms with Gasteiger partial charge in [-0.15, -0.1) is 0 Å². The van der Waals surface area contributed by atoms with Crippen molar-refractivity contribution in [2.24, 2.45) is 5.92 Å². The van der Waals surface area contributed by atoms with Crippen molar-refractivity contribution in [2.75, 3.05) is 50.2 Å². The van der Waals surface area contributed by atoms with Crippen molar-refractivity contribution < 1.29 is 36.3 Å². The molecular formula is C28H33FN6O7S. The Hall–Kier alpha value is -4.24. The van der Waals surface area contributed by atoms with Gasteiger partial charge in [-0.3, -0.25) is 14.2 Å². The molecule has 43 heavy (non-hydrogen) atoms. The number of hydrogen-bond acceptors (Lipinski definition) is 11. The first-order valence-electron chi connectivity index (χ1n) is 13.7. The highest BCUT2D eigenvalue weighted by Gasteiger charge is 2.27. The largest absolute Gasteiger partial charge is 0.496 e. The Labute approximate surface area is 247 Å². The molecule has 4 aromatic rings. The molecule has 230 valence electrons. The fraction of sp³-hybridized carbons (Fsp3) is 0.429. The van der Waals surface area contributed by atoms with Gasteiger partial charge in [-0.1, -0.05) is 17.3 Å². The number of hydrogen-bond donors (Lipinski definition) is 1. The average Bonchev–Trinajstić information content (AvgIpc) is 3.66. The fourth-order valence-corrected chi connectivity index (χ4v) is 6.09. The predicted molar refractivity (Wildman–Crippen MR) is 155 cm³/mol. The number of ether oxygens (including phenoxy) is 3. The van der Waals surface area contributed by atoms with Gasteiger partial charge in [0.1, 0.15) is 35.1 Å². The van der Waals surface area contributed by atoms with Crippen molar-refractivity contribution in [1.29, 1.82) is 0 Å². The van der Waals surface area contributed by atoms with Crippen molar-refractivity contribution in [2.45, 2.75) is 37.3 Å². The number of rotatable bonds is 13. The molecule has 0 bridgehead atoms. The summed E-state index contributed by atoms with van der Waals surface area (Å²) in [5.74, 6) is 0.342. The number of nitrogens with one attached hydrogen (secondary N) is 1. The summed E-state index contributed by atoms with van der Waals surface area (Å²) >= 11 is 0. The van der Waals surface area contributed by atoms with Gasteiger partial charge in [-0.25, -0.2) is 17.8 Å². The van der Waals surface area contributed by atoms with Crippen LogP contribution in [0.15, 0.2) is 52.1 Å². The molecule has 5 rings (SSSR count). The van der Waals surface area contributed by atoms with Crippen LogP contribution in [-0.4, -0.2) is 80.8 Å². The summed E-state index contributed by atoms with van der Waals surface area (Å²) in [6, 6.07) is 7.89. The smallest absolute Gasteiger partial charge is 0.266 e. The molecule has 1 aliphatic heterocycles. The lowest BCUT2D eigenvalue weighted by Gasteiger charge is -2.32. The van der Waals surface area contributed by atoms with E-state index in [0.29, 0.717) is 37.4 Å². The lowest BCUT2D eigenvalue weighted by molar-refractivity contribution is -0.130. The third-order valence-corrected chi connectivity index (χ3v) is 8.64. The zero-order chi connectivity index (χ0) is 30.6. The molecule has 13 nitrogen and oxygen atoms in total. The van der Waals surface area contributed by atoms with Gasteiger partial charge >= 0.3 is 0 Å². The highest BCUT2D eigenvalue weighted by molar-refractivity contribution is 7.92. The zero-order valence-electron chi connectivity index (χ0n) is 24.0. The number of para-hydroxylation sites is 1. The van der Waals surface area contributed by atoms with E-state index in [0.717, 1.165) is 5.69 Å². The number of anilines is 2. The van der Waals surface area contributed by atoms with Gasteiger partial charge in [0.15, 0.2) is 11.6 Å². The van der Waals surface area contributed by atoms with Gasteiger partial charge in [0.2, 0.25) is 0 Å². The Kier molecular flexibility index (Phi) is 9.11. The van der Waals surface area contributed by atoms with Crippen LogP contribution >= 0.6 is 0 Å². The Morgan fingerprint density at radius 3 is 2.65 bits per heavy atom. The van der Waals surface area contributed by atoms with E-state index >= 15 is 0 Å². The molecule has 1 atom stereocenters. The van der Waals surface area contributed by atoms with Crippen molar-refractivity contribution in [3.8, 4) is 11.5 Å². The molecule has 0 amide bonds. The molecule has 1 N–H and O–H groups in total. The second-order valence-electron chi connectivity index (χ2n) is 10.2. The number of fused-ring (bicyclic) bond motifs is 1. The molecule has 1 fully saturated rings. The number of piperidine rings is 1. The van der Waals surface area contributed by atoms with Crippen LogP contribution in [0.1, 0.15) is 25.5 Å². The Balaban J connectivity index is 1.26. The van der Waals surface area contributed by atoms with E-state index in [-0.39, 0.29) is 52.4 Å². The van der Waals surface area contributed by atoms with E-state index in [4.69, 9.17) is 18.7 Å². The maximum atomic E-state index is 13.1. The van der Waals surface area contributed by atoms with Crippen LogP contribution in [0.4, 0.5) is 15.9 Å². The lowest BCUT2D eigenvalue weighted by atomic mass is 9.92. The third-order valence-electron chi connectivity index (χ3n) is 7.26. The van der Waals surface area contributed by atoms with Crippen LogP contribution in [-0.2, 0) is 26.1 Å². The third kappa shape index (κ3) is 6.72. The number of methoxy groups -OCH3 is 2. The number of carbonyl (C=O) groups is 1. The minimum Gasteiger partial charge on any atom is -0.496 e. The number of halogens is 1. The Morgan fingerprint density at radius 1 is 1.19 bits per heavy atom. The van der Waals surface area contributed by atoms with Crippen molar-refractivity contribution in [1.82, 2.24) is 19.9 Å². The molecule has 1 unspecified atom stereocenters. The quantitative estimate of drug-likeness (QED) is 0.235. The van der Waals surface area contributed by atoms with Gasteiger partial charge in [0.25, 0.3) is 15.7 Å². The number of nitrogens with zero attached hydrogens (tertiary/aromatic N) is 5. The molecule has 3 aromatic heterocycles. The minimum absolute atomic E-state index is 0.00854. The monoisotopic (exact) mass is 616 g/mol. The molecule has 1 saturated heterocycles. The van der Waals surface area contributed by atoms with Gasteiger partial charge in [0, 0.05) is 31.3 Å². The molecule has 0 saturated carbocycles. The van der Waals surface area contributed by atoms with E-state index < -0.39 is 22.8 Å². The summed E-state index contributed by atoms with van der Waals surface area (Å²) in [5.41, 5.74) is 1.56. The summed E-state index contributed by atoms with van der Waals surface area (Å²) in [6.45, 7) is 2.59. The summed E-state index contributed by atoms with van der Waals surface area (Å²) in [6.07, 6.45) is 4.43. The number of Topliss-reactive ketones (excluding diaryl/α,β-unsaturated/α-hetero) is 1. The topological polar surface area (TPSA) is 151 Å². The number of pyridine rings is 1. The zero-order valence-corrected chi connectivity index (χ0v) is 24.8. The maximum Gasteiger partial charge on any atom is 0.266 e. The summed E-state index contributed by atoms with van der Waals surface area (Å²) in [5, 5.41) is 8.63. The van der Waals surface area contributed by atoms with E-state index in [1.807, 2.05) is 6.20 Å². The Morgan fingerprint density at radius 2 is 1.93 bits per heavy atom. The van der Waals surface area contributed by atoms with Crippen LogP contribution in [0, 0.1) is 5.92 Å². The second kappa shape index (κ2) is 13.0. The van der Waals surface area contributed by atoms with Crippen LogP contribution in [0.3, 0.4) is 0 Å². The molecule has 1 aromatic carbocycles. The normalized spacial score (nSPS) is 15.0. The molecule has 1 aliphatic rings. The van der Waals surface area contributed by atoms with Crippen molar-refractivity contribution >= 4 is 38.4 Å². The van der Waals surface area contributed by atoms with E-state index in [2.05, 4.69) is 24.9 Å². The predicted octanol–water partition coefficient (Wildman–Crippen LogP) is 3.45. The number of aromatic nitrogens is 4. The number of ketones is 1. The number of carbonyl (C=O) groups excluding carboxylic acids is 1. The lowest BCUT2D eigenvalue weighted by Crippen LogP contribution is -2.37. The first-order chi connectivity index (χ1) is 20.7. The van der Waals surface area contributed by atoms with Gasteiger partial charge in [-0.05, 0) is 31.9 Å². The SMILES string of the molecule is COc1ccccc1S(=O)(=O)Nc1noc2nc(Cn3cc(N4CCC(C(=O)COC(C)CF)CC4)cn3)cc(OC)c12. The highest BCUT2D eigenvalue weighted by Crippen LogP contribution is 2.34. The highest BCUT2D eigenvalue weighted by atomic mass is 32.2. The van der Waals surface area contributed by atoms with Gasteiger partial charge < -0.3 is 23.6 Å². The van der Waals surface area contributed by atoms with E-state index in [1.165, 1.54) is 20.3 Å². The summed E-state index contributed by atoms with van der Waals surface area (Å²) < 4.78 is 64.3. The molecule has 4 heterocycles. The molecule has 0 spiro atoms. The standard InChI is InChI=1S/C28H33FN6O7S/c1-18(13-29)41-17-22(36)19-8-10-34(11-9-19)21-14-30-35(16-21)15-20-12-24(40-3)26-27(32-42-28(26)31-20)33-43(37,38)25-7-5-4-6-23(25)39-2/h4-7,12,14,16,18-19H,8-11,13,15,17H2,1-3H3,(H,32,33). The number of alkyl halides is 1. The van der Waals surface area contributed by atoms with Crippen LogP contribution < -0.4 is 19.1 Å². The maximum absolute atomic E-state index is 13.1. The van der Waals surface area contributed by atoms with Crippen LogP contribution in [0.5, 0.6) is 11.5 Å². The molecule has 0 aliphatic carbocycles. The minimum atomic E-state index is -4.06. The Bertz CT molecular complexity index is 1680. The van der Waals surface area contributed by atoms with Gasteiger partial charge in [0.05, 0.1) is 44.4 Å². The average molecular weight is 617 g/mol. The second-order valence-corrected chi connectivity index (χ2v) is 11.8. The molecular weight excluding hydrogens is 583 g/mol. The van der Waals surface area contributed by atoms with E-state index in [9.17, 15) is 17.6 Å². The van der Waals surface area contributed by atoms with Crippen LogP contribution in [0.2, 0.25) is 0 Å². The van der Waals surface area contributed by atoms with Crippen molar-refractivity contribution in [3.63, 3.8) is 0 Å². The van der Waals surface area contributed by atoms with Crippen LogP contribution in [0.25, 0.3) is 11.1 Å². The molecule has 0 radical (unpaired) electrons. The van der Waals surface area contributed by atoms with E-state index in [1.54, 1.807) is 42.1 Å². The number of sulfonamides is 1. The summed E-state index contributed by atoms with van der Waals surface area (Å²) in [4.78, 5) is 19.0. The van der Waals surface area contributed by atoms with Gasteiger partial charge in [-0.2, -0.15) is 5.10 Å². The molecule has 15 heteroatoms. The summed E-state index contributed by atoms with van der Waals surface area (Å²) in [7, 11) is -1.22. The fourth-order valence-electron chi connectivity index (χ4n) is 4.92. The first kappa shape index (κ1) is 30.2.